The minimum Gasteiger partial charge on any atom is -0.481 e. The van der Waals surface area contributed by atoms with E-state index >= 15 is 0 Å². The predicted octanol–water partition coefficient (Wildman–Crippen LogP) is 4.82. The summed E-state index contributed by atoms with van der Waals surface area (Å²) in [6.07, 6.45) is 4.58. The van der Waals surface area contributed by atoms with E-state index in [1.165, 1.54) is 31.9 Å². The van der Waals surface area contributed by atoms with E-state index in [9.17, 15) is 19.1 Å². The average Bonchev–Trinajstić information content (AvgIpc) is 2.84. The molecule has 1 aliphatic rings. The van der Waals surface area contributed by atoms with Gasteiger partial charge in [0.05, 0.1) is 11.6 Å². The van der Waals surface area contributed by atoms with Crippen molar-refractivity contribution >= 4 is 23.6 Å². The lowest BCUT2D eigenvalue weighted by Crippen LogP contribution is -2.51. The summed E-state index contributed by atoms with van der Waals surface area (Å²) in [5.41, 5.74) is 0.557. The Morgan fingerprint density at radius 2 is 1.83 bits per heavy atom. The maximum atomic E-state index is 13.3. The predicted molar refractivity (Wildman–Crippen MR) is 135 cm³/mol. The maximum absolute atomic E-state index is 13.3. The largest absolute Gasteiger partial charge is 0.481 e. The van der Waals surface area contributed by atoms with Crippen molar-refractivity contribution in [3.63, 3.8) is 0 Å². The third-order valence-corrected chi connectivity index (χ3v) is 6.41. The van der Waals surface area contributed by atoms with Crippen LogP contribution in [0.5, 0.6) is 11.6 Å². The first kappa shape index (κ1) is 26.9. The maximum Gasteiger partial charge on any atom is 0.321 e. The van der Waals surface area contributed by atoms with Crippen molar-refractivity contribution in [2.45, 2.75) is 52.5 Å². The molecule has 1 aromatic carbocycles. The molecule has 0 saturated heterocycles. The number of ether oxygens (including phenoxy) is 1. The van der Waals surface area contributed by atoms with Crippen LogP contribution in [0.15, 0.2) is 47.5 Å². The zero-order valence-electron chi connectivity index (χ0n) is 20.8. The lowest BCUT2D eigenvalue weighted by atomic mass is 9.83. The van der Waals surface area contributed by atoms with E-state index in [-0.39, 0.29) is 11.8 Å². The number of benzene rings is 1. The fraction of sp³-hybridized carbons (Fsp3) is 0.462. The molecule has 9 nitrogen and oxygen atoms in total. The number of aliphatic imine (C=N–C) groups is 1. The van der Waals surface area contributed by atoms with Crippen LogP contribution in [0, 0.1) is 23.7 Å². The molecule has 2 atom stereocenters. The Balaban J connectivity index is 1.68. The van der Waals surface area contributed by atoms with Gasteiger partial charge in [0.15, 0.2) is 0 Å². The number of nitrogens with zero attached hydrogens (tertiary/aromatic N) is 2. The van der Waals surface area contributed by atoms with Gasteiger partial charge in [-0.05, 0) is 68.9 Å². The van der Waals surface area contributed by atoms with Crippen LogP contribution in [0.3, 0.4) is 0 Å². The Bertz CT molecular complexity index is 1050. The van der Waals surface area contributed by atoms with E-state index < -0.39 is 29.9 Å². The number of rotatable bonds is 8. The number of hydrogen-bond acceptors (Lipinski definition) is 5. The van der Waals surface area contributed by atoms with Gasteiger partial charge in [-0.3, -0.25) is 10.1 Å². The third kappa shape index (κ3) is 8.51. The van der Waals surface area contributed by atoms with Gasteiger partial charge in [-0.2, -0.15) is 9.37 Å². The average molecular weight is 500 g/mol. The highest BCUT2D eigenvalue weighted by Crippen LogP contribution is 2.28. The summed E-state index contributed by atoms with van der Waals surface area (Å²) in [4.78, 5) is 32.0. The summed E-state index contributed by atoms with van der Waals surface area (Å²) >= 11 is 0. The Hall–Kier alpha value is -3.69. The van der Waals surface area contributed by atoms with E-state index in [2.05, 4.69) is 32.9 Å². The van der Waals surface area contributed by atoms with Crippen LogP contribution in [0.1, 0.15) is 46.5 Å². The lowest BCUT2D eigenvalue weighted by Gasteiger charge is -2.27. The molecule has 194 valence electrons. The molecule has 36 heavy (non-hydrogen) atoms. The zero-order chi connectivity index (χ0) is 26.1. The quantitative estimate of drug-likeness (QED) is 0.234. The van der Waals surface area contributed by atoms with E-state index in [1.807, 2.05) is 0 Å². The summed E-state index contributed by atoms with van der Waals surface area (Å²) in [5, 5.41) is 17.8. The molecule has 1 saturated carbocycles. The Morgan fingerprint density at radius 1 is 1.14 bits per heavy atom. The zero-order valence-corrected chi connectivity index (χ0v) is 20.8. The van der Waals surface area contributed by atoms with Gasteiger partial charge in [-0.15, -0.1) is 0 Å². The molecule has 10 heteroatoms. The molecule has 0 unspecified atom stereocenters. The minimum atomic E-state index is -0.989. The van der Waals surface area contributed by atoms with E-state index in [4.69, 9.17) is 4.74 Å². The number of aliphatic carboxylic acids is 1. The van der Waals surface area contributed by atoms with Crippen molar-refractivity contribution in [2.24, 2.45) is 22.7 Å². The van der Waals surface area contributed by atoms with E-state index in [0.29, 0.717) is 23.9 Å². The van der Waals surface area contributed by atoms with Gasteiger partial charge in [-0.1, -0.05) is 25.8 Å². The van der Waals surface area contributed by atoms with Crippen molar-refractivity contribution in [3.8, 4) is 11.6 Å². The second-order valence-corrected chi connectivity index (χ2v) is 9.38. The van der Waals surface area contributed by atoms with Crippen LogP contribution < -0.4 is 20.7 Å². The Kier molecular flexibility index (Phi) is 9.61. The molecule has 1 fully saturated rings. The molecule has 2 aromatic rings. The van der Waals surface area contributed by atoms with Crippen LogP contribution in [0.25, 0.3) is 0 Å². The molecule has 3 rings (SSSR count). The van der Waals surface area contributed by atoms with Gasteiger partial charge < -0.3 is 20.5 Å². The number of pyridine rings is 1. The van der Waals surface area contributed by atoms with E-state index in [0.717, 1.165) is 18.8 Å². The van der Waals surface area contributed by atoms with Crippen LogP contribution in [0.2, 0.25) is 0 Å². The highest BCUT2D eigenvalue weighted by atomic mass is 19.1. The van der Waals surface area contributed by atoms with Crippen molar-refractivity contribution in [1.29, 1.82) is 0 Å². The molecular formula is C26H34FN5O4. The molecule has 1 heterocycles. The Labute approximate surface area is 210 Å². The van der Waals surface area contributed by atoms with Gasteiger partial charge in [0, 0.05) is 18.7 Å². The number of hydrogen-bond donors (Lipinski definition) is 4. The van der Waals surface area contributed by atoms with Crippen molar-refractivity contribution in [3.05, 3.63) is 48.4 Å². The highest BCUT2D eigenvalue weighted by Gasteiger charge is 2.22. The number of amides is 2. The SMILES string of the molecule is C[C@H](NC(=O)N/C(=N\c1ccc(Oc2cccc(F)n2)cc1)NC[C@H]1CC[C@H](C)CC1)[C@@H](C)C(=O)O. The van der Waals surface area contributed by atoms with Crippen molar-refractivity contribution < 1.29 is 23.8 Å². The van der Waals surface area contributed by atoms with Crippen LogP contribution in [-0.2, 0) is 4.79 Å². The number of halogens is 1. The first-order valence-electron chi connectivity index (χ1n) is 12.2. The minimum absolute atomic E-state index is 0.137. The van der Waals surface area contributed by atoms with Crippen LogP contribution in [0.4, 0.5) is 14.9 Å². The smallest absolute Gasteiger partial charge is 0.321 e. The molecule has 0 spiro atoms. The van der Waals surface area contributed by atoms with Gasteiger partial charge in [0.25, 0.3) is 0 Å². The summed E-state index contributed by atoms with van der Waals surface area (Å²) < 4.78 is 18.8. The summed E-state index contributed by atoms with van der Waals surface area (Å²) in [5.74, 6) is -0.282. The van der Waals surface area contributed by atoms with E-state index in [1.54, 1.807) is 37.3 Å². The number of carbonyl (C=O) groups excluding carboxylic acids is 1. The van der Waals surface area contributed by atoms with Gasteiger partial charge in [0.2, 0.25) is 17.8 Å². The molecule has 4 N–H and O–H groups in total. The second-order valence-electron chi connectivity index (χ2n) is 9.38. The number of carbonyl (C=O) groups is 2. The first-order valence-corrected chi connectivity index (χ1v) is 12.2. The topological polar surface area (TPSA) is 125 Å². The van der Waals surface area contributed by atoms with Gasteiger partial charge in [0.1, 0.15) is 5.75 Å². The monoisotopic (exact) mass is 499 g/mol. The molecular weight excluding hydrogens is 465 g/mol. The lowest BCUT2D eigenvalue weighted by molar-refractivity contribution is -0.141. The number of carboxylic acids is 1. The normalized spacial score (nSPS) is 19.6. The Morgan fingerprint density at radius 3 is 2.47 bits per heavy atom. The molecule has 0 aliphatic heterocycles. The number of urea groups is 1. The van der Waals surface area contributed by atoms with Crippen LogP contribution in [-0.4, -0.2) is 40.6 Å². The van der Waals surface area contributed by atoms with Gasteiger partial charge >= 0.3 is 12.0 Å². The number of carboxylic acid groups (broad SMARTS) is 1. The summed E-state index contributed by atoms with van der Waals surface area (Å²) in [6, 6.07) is 9.92. The summed E-state index contributed by atoms with van der Waals surface area (Å²) in [6.45, 7) is 6.10. The fourth-order valence-corrected chi connectivity index (χ4v) is 3.86. The molecule has 0 bridgehead atoms. The number of guanidine groups is 1. The number of nitrogens with one attached hydrogen (secondary N) is 3. The third-order valence-electron chi connectivity index (χ3n) is 6.41. The highest BCUT2D eigenvalue weighted by molar-refractivity contribution is 5.97. The number of aromatic nitrogens is 1. The fourth-order valence-electron chi connectivity index (χ4n) is 3.86. The van der Waals surface area contributed by atoms with Gasteiger partial charge in [-0.25, -0.2) is 9.79 Å². The molecule has 1 aliphatic carbocycles. The second kappa shape index (κ2) is 12.9. The first-order chi connectivity index (χ1) is 17.2. The molecule has 0 radical (unpaired) electrons. The molecule has 1 aromatic heterocycles. The standard InChI is InChI=1S/C26H34FN5O4/c1-16-7-9-19(10-8-16)15-28-25(32-26(35)29-18(3)17(2)24(33)34)30-20-11-13-21(14-12-20)36-23-6-4-5-22(27)31-23/h4-6,11-14,16-19H,7-10,15H2,1-3H3,(H,33,34)(H3,28,29,30,32,35)/t16-,17-,18+,19-/m1/s1. The molecule has 2 amide bonds. The van der Waals surface area contributed by atoms with Crippen molar-refractivity contribution in [1.82, 2.24) is 20.9 Å². The van der Waals surface area contributed by atoms with Crippen molar-refractivity contribution in [2.75, 3.05) is 6.54 Å². The van der Waals surface area contributed by atoms with Crippen LogP contribution >= 0.6 is 0 Å². The summed E-state index contributed by atoms with van der Waals surface area (Å²) in [7, 11) is 0.